The number of nitrogens with one attached hydrogen (secondary N) is 1. The molecule has 28 heavy (non-hydrogen) atoms. The zero-order valence-electron chi connectivity index (χ0n) is 16.1. The molecule has 0 saturated carbocycles. The summed E-state index contributed by atoms with van der Waals surface area (Å²) in [6.07, 6.45) is 0.187. The van der Waals surface area contributed by atoms with Gasteiger partial charge >= 0.3 is 0 Å². The molecule has 0 radical (unpaired) electrons. The number of rotatable bonds is 5. The Morgan fingerprint density at radius 3 is 2.57 bits per heavy atom. The van der Waals surface area contributed by atoms with E-state index < -0.39 is 0 Å². The fraction of sp³-hybridized carbons (Fsp3) is 0.238. The second-order valence-electron chi connectivity index (χ2n) is 6.56. The van der Waals surface area contributed by atoms with Crippen LogP contribution in [0.15, 0.2) is 36.4 Å². The highest BCUT2D eigenvalue weighted by atomic mass is 35.5. The van der Waals surface area contributed by atoms with E-state index in [-0.39, 0.29) is 12.3 Å². The number of aryl methyl sites for hydroxylation is 2. The molecule has 2 aromatic carbocycles. The number of ether oxygens (including phenoxy) is 1. The van der Waals surface area contributed by atoms with Crippen molar-refractivity contribution in [2.45, 2.75) is 27.2 Å². The number of carbonyl (C=O) groups is 1. The summed E-state index contributed by atoms with van der Waals surface area (Å²) in [6, 6.07) is 10.9. The van der Waals surface area contributed by atoms with Crippen LogP contribution in [0.3, 0.4) is 0 Å². The zero-order valence-corrected chi connectivity index (χ0v) is 17.6. The van der Waals surface area contributed by atoms with Gasteiger partial charge in [0, 0.05) is 21.3 Å². The van der Waals surface area contributed by atoms with E-state index in [0.29, 0.717) is 21.5 Å². The molecule has 146 valence electrons. The third kappa shape index (κ3) is 4.16. The number of hydrogen-bond acceptors (Lipinski definition) is 3. The molecule has 1 heterocycles. The summed E-state index contributed by atoms with van der Waals surface area (Å²) in [6.45, 7) is 5.78. The van der Waals surface area contributed by atoms with Crippen molar-refractivity contribution in [3.05, 3.63) is 69.0 Å². The number of anilines is 1. The summed E-state index contributed by atoms with van der Waals surface area (Å²) in [5.74, 6) is 0.379. The van der Waals surface area contributed by atoms with Gasteiger partial charge in [0.15, 0.2) is 0 Å². The second-order valence-corrected chi connectivity index (χ2v) is 7.41. The van der Waals surface area contributed by atoms with Crippen LogP contribution in [0.25, 0.3) is 5.69 Å². The Morgan fingerprint density at radius 1 is 1.14 bits per heavy atom. The largest absolute Gasteiger partial charge is 0.495 e. The Balaban J connectivity index is 1.85. The SMILES string of the molecule is COc1ccc(Cl)cc1NC(=O)Cc1c(C)nn(-c2ccc(C)c(Cl)c2)c1C. The van der Waals surface area contributed by atoms with Crippen LogP contribution in [0.4, 0.5) is 5.69 Å². The number of nitrogens with zero attached hydrogens (tertiary/aromatic N) is 2. The lowest BCUT2D eigenvalue weighted by molar-refractivity contribution is -0.115. The van der Waals surface area contributed by atoms with Crippen molar-refractivity contribution in [2.24, 2.45) is 0 Å². The predicted octanol–water partition coefficient (Wildman–Crippen LogP) is 5.29. The van der Waals surface area contributed by atoms with Crippen molar-refractivity contribution in [2.75, 3.05) is 12.4 Å². The van der Waals surface area contributed by atoms with Gasteiger partial charge in [-0.15, -0.1) is 0 Å². The van der Waals surface area contributed by atoms with Gasteiger partial charge in [0.25, 0.3) is 0 Å². The molecule has 1 amide bonds. The van der Waals surface area contributed by atoms with Crippen molar-refractivity contribution in [1.82, 2.24) is 9.78 Å². The highest BCUT2D eigenvalue weighted by Crippen LogP contribution is 2.28. The van der Waals surface area contributed by atoms with Gasteiger partial charge in [0.1, 0.15) is 5.75 Å². The van der Waals surface area contributed by atoms with Gasteiger partial charge in [0.05, 0.1) is 30.6 Å². The molecule has 0 spiro atoms. The van der Waals surface area contributed by atoms with Gasteiger partial charge in [-0.05, 0) is 56.7 Å². The molecule has 1 aromatic heterocycles. The summed E-state index contributed by atoms with van der Waals surface area (Å²) in [5.41, 5.74) is 4.96. The first-order chi connectivity index (χ1) is 13.3. The van der Waals surface area contributed by atoms with E-state index in [9.17, 15) is 4.79 Å². The van der Waals surface area contributed by atoms with Crippen molar-refractivity contribution < 1.29 is 9.53 Å². The smallest absolute Gasteiger partial charge is 0.229 e. The molecule has 1 N–H and O–H groups in total. The van der Waals surface area contributed by atoms with Gasteiger partial charge < -0.3 is 10.1 Å². The third-order valence-corrected chi connectivity index (χ3v) is 5.26. The first-order valence-electron chi connectivity index (χ1n) is 8.75. The predicted molar refractivity (Wildman–Crippen MR) is 113 cm³/mol. The first-order valence-corrected chi connectivity index (χ1v) is 9.50. The number of aromatic nitrogens is 2. The lowest BCUT2D eigenvalue weighted by Crippen LogP contribution is -2.16. The molecular formula is C21H21Cl2N3O2. The average Bonchev–Trinajstić information content (AvgIpc) is 2.92. The van der Waals surface area contributed by atoms with Gasteiger partial charge in [-0.3, -0.25) is 4.79 Å². The summed E-state index contributed by atoms with van der Waals surface area (Å²) < 4.78 is 7.09. The number of amides is 1. The molecule has 0 atom stereocenters. The van der Waals surface area contributed by atoms with E-state index in [0.717, 1.165) is 28.2 Å². The highest BCUT2D eigenvalue weighted by molar-refractivity contribution is 6.31. The highest BCUT2D eigenvalue weighted by Gasteiger charge is 2.17. The quantitative estimate of drug-likeness (QED) is 0.612. The summed E-state index contributed by atoms with van der Waals surface area (Å²) in [4.78, 5) is 12.6. The lowest BCUT2D eigenvalue weighted by Gasteiger charge is -2.11. The standard InChI is InChI=1S/C21H21Cl2N3O2/c1-12-5-7-16(10-18(12)23)26-14(3)17(13(2)25-26)11-21(27)24-19-9-15(22)6-8-20(19)28-4/h5-10H,11H2,1-4H3,(H,24,27). The maximum atomic E-state index is 12.6. The van der Waals surface area contributed by atoms with Crippen LogP contribution in [0.5, 0.6) is 5.75 Å². The van der Waals surface area contributed by atoms with Gasteiger partial charge in [-0.25, -0.2) is 4.68 Å². The van der Waals surface area contributed by atoms with Crippen LogP contribution in [0.1, 0.15) is 22.5 Å². The Hall–Kier alpha value is -2.50. The van der Waals surface area contributed by atoms with Crippen LogP contribution >= 0.6 is 23.2 Å². The zero-order chi connectivity index (χ0) is 20.4. The van der Waals surface area contributed by atoms with E-state index in [2.05, 4.69) is 10.4 Å². The fourth-order valence-corrected chi connectivity index (χ4v) is 3.38. The number of halogens is 2. The molecule has 0 fully saturated rings. The second kappa shape index (κ2) is 8.25. The Morgan fingerprint density at radius 2 is 1.89 bits per heavy atom. The minimum atomic E-state index is -0.173. The normalized spacial score (nSPS) is 10.8. The maximum absolute atomic E-state index is 12.6. The van der Waals surface area contributed by atoms with Crippen LogP contribution in [0, 0.1) is 20.8 Å². The van der Waals surface area contributed by atoms with E-state index in [1.54, 1.807) is 25.3 Å². The van der Waals surface area contributed by atoms with Crippen LogP contribution in [0.2, 0.25) is 10.0 Å². The molecular weight excluding hydrogens is 397 g/mol. The molecule has 3 aromatic rings. The molecule has 5 nitrogen and oxygen atoms in total. The van der Waals surface area contributed by atoms with Crippen LogP contribution in [-0.4, -0.2) is 22.8 Å². The topological polar surface area (TPSA) is 56.1 Å². The minimum absolute atomic E-state index is 0.173. The maximum Gasteiger partial charge on any atom is 0.229 e. The number of benzene rings is 2. The van der Waals surface area contributed by atoms with Crippen LogP contribution in [-0.2, 0) is 11.2 Å². The average molecular weight is 418 g/mol. The molecule has 0 unspecified atom stereocenters. The molecule has 3 rings (SSSR count). The summed E-state index contributed by atoms with van der Waals surface area (Å²) in [5, 5.41) is 8.65. The number of methoxy groups -OCH3 is 1. The minimum Gasteiger partial charge on any atom is -0.495 e. The van der Waals surface area contributed by atoms with Crippen molar-refractivity contribution in [1.29, 1.82) is 0 Å². The van der Waals surface area contributed by atoms with Crippen LogP contribution < -0.4 is 10.1 Å². The van der Waals surface area contributed by atoms with Crippen molar-refractivity contribution in [3.8, 4) is 11.4 Å². The van der Waals surface area contributed by atoms with Gasteiger partial charge in [-0.2, -0.15) is 5.10 Å². The summed E-state index contributed by atoms with van der Waals surface area (Å²) in [7, 11) is 1.55. The lowest BCUT2D eigenvalue weighted by atomic mass is 10.1. The third-order valence-electron chi connectivity index (χ3n) is 4.61. The van der Waals surface area contributed by atoms with Gasteiger partial charge in [0.2, 0.25) is 5.91 Å². The van der Waals surface area contributed by atoms with E-state index in [4.69, 9.17) is 27.9 Å². The Kier molecular flexibility index (Phi) is 5.96. The first kappa shape index (κ1) is 20.2. The molecule has 0 aliphatic rings. The van der Waals surface area contributed by atoms with Crippen molar-refractivity contribution in [3.63, 3.8) is 0 Å². The Labute approximate surface area is 174 Å². The molecule has 0 aliphatic carbocycles. The Bertz CT molecular complexity index is 1040. The van der Waals surface area contributed by atoms with Crippen molar-refractivity contribution >= 4 is 34.8 Å². The number of carbonyl (C=O) groups excluding carboxylic acids is 1. The molecule has 0 aliphatic heterocycles. The molecule has 0 saturated heterocycles. The summed E-state index contributed by atoms with van der Waals surface area (Å²) >= 11 is 12.3. The number of hydrogen-bond donors (Lipinski definition) is 1. The van der Waals surface area contributed by atoms with E-state index in [1.165, 1.54) is 0 Å². The molecule has 7 heteroatoms. The fourth-order valence-electron chi connectivity index (χ4n) is 3.03. The van der Waals surface area contributed by atoms with Gasteiger partial charge in [-0.1, -0.05) is 29.3 Å². The molecule has 0 bridgehead atoms. The van der Waals surface area contributed by atoms with E-state index in [1.807, 2.05) is 43.7 Å². The van der Waals surface area contributed by atoms with E-state index >= 15 is 0 Å². The monoisotopic (exact) mass is 417 g/mol.